The zero-order valence-corrected chi connectivity index (χ0v) is 10.7. The number of esters is 1. The van der Waals surface area contributed by atoms with Gasteiger partial charge >= 0.3 is 5.97 Å². The number of ether oxygens (including phenoxy) is 1. The zero-order chi connectivity index (χ0) is 13.1. The van der Waals surface area contributed by atoms with Crippen LogP contribution < -0.4 is 0 Å². The largest absolute Gasteiger partial charge is 0.455 e. The van der Waals surface area contributed by atoms with Crippen molar-refractivity contribution < 1.29 is 9.53 Å². The molecule has 2 aromatic carbocycles. The molecule has 2 aromatic rings. The van der Waals surface area contributed by atoms with Crippen molar-refractivity contribution in [3.8, 4) is 0 Å². The van der Waals surface area contributed by atoms with Crippen molar-refractivity contribution in [3.05, 3.63) is 60.2 Å². The topological polar surface area (TPSA) is 26.3 Å². The number of carbonyl (C=O) groups excluding carboxylic acids is 1. The van der Waals surface area contributed by atoms with Gasteiger partial charge in [0.1, 0.15) is 6.10 Å². The van der Waals surface area contributed by atoms with Gasteiger partial charge in [0.15, 0.2) is 0 Å². The quantitative estimate of drug-likeness (QED) is 0.594. The molecule has 0 saturated carbocycles. The van der Waals surface area contributed by atoms with Gasteiger partial charge in [-0.1, -0.05) is 36.4 Å². The van der Waals surface area contributed by atoms with E-state index in [4.69, 9.17) is 4.74 Å². The highest BCUT2D eigenvalue weighted by molar-refractivity contribution is 5.95. The Morgan fingerprint density at radius 3 is 2.74 bits per heavy atom. The summed E-state index contributed by atoms with van der Waals surface area (Å²) in [7, 11) is 0. The van der Waals surface area contributed by atoms with Crippen molar-refractivity contribution in [1.29, 1.82) is 0 Å². The van der Waals surface area contributed by atoms with Crippen molar-refractivity contribution in [2.45, 2.75) is 25.4 Å². The van der Waals surface area contributed by atoms with Gasteiger partial charge in [-0.2, -0.15) is 0 Å². The molecule has 19 heavy (non-hydrogen) atoms. The van der Waals surface area contributed by atoms with Crippen LogP contribution in [0.2, 0.25) is 0 Å². The van der Waals surface area contributed by atoms with Crippen molar-refractivity contribution in [1.82, 2.24) is 0 Å². The van der Waals surface area contributed by atoms with E-state index in [2.05, 4.69) is 6.08 Å². The lowest BCUT2D eigenvalue weighted by molar-refractivity contribution is 0.0370. The number of benzene rings is 2. The molecule has 0 spiro atoms. The van der Waals surface area contributed by atoms with E-state index in [9.17, 15) is 4.79 Å². The molecule has 0 aliphatic heterocycles. The van der Waals surface area contributed by atoms with Crippen molar-refractivity contribution in [2.24, 2.45) is 0 Å². The molecular weight excluding hydrogens is 236 g/mol. The van der Waals surface area contributed by atoms with Gasteiger partial charge in [0, 0.05) is 0 Å². The molecule has 0 bridgehead atoms. The van der Waals surface area contributed by atoms with E-state index in [1.807, 2.05) is 48.5 Å². The molecule has 1 aliphatic rings. The van der Waals surface area contributed by atoms with Crippen molar-refractivity contribution in [2.75, 3.05) is 0 Å². The number of hydrogen-bond acceptors (Lipinski definition) is 2. The second-order valence-corrected chi connectivity index (χ2v) is 4.86. The van der Waals surface area contributed by atoms with Gasteiger partial charge in [-0.15, -0.1) is 0 Å². The molecule has 0 saturated heterocycles. The average Bonchev–Trinajstić information content (AvgIpc) is 2.48. The van der Waals surface area contributed by atoms with Gasteiger partial charge < -0.3 is 4.74 Å². The fourth-order valence-corrected chi connectivity index (χ4v) is 2.40. The summed E-state index contributed by atoms with van der Waals surface area (Å²) in [6.45, 7) is 0. The van der Waals surface area contributed by atoms with Gasteiger partial charge in [-0.25, -0.2) is 4.79 Å². The summed E-state index contributed by atoms with van der Waals surface area (Å²) in [5.74, 6) is -0.234. The Labute approximate surface area is 112 Å². The lowest BCUT2D eigenvalue weighted by atomic mass is 10.0. The van der Waals surface area contributed by atoms with Gasteiger partial charge in [0.05, 0.1) is 5.56 Å². The molecule has 96 valence electrons. The fraction of sp³-hybridized carbons (Fsp3) is 0.235. The van der Waals surface area contributed by atoms with Crippen LogP contribution in [0.3, 0.4) is 0 Å². The number of hydrogen-bond donors (Lipinski definition) is 0. The molecule has 0 radical (unpaired) electrons. The van der Waals surface area contributed by atoms with Gasteiger partial charge in [-0.3, -0.25) is 0 Å². The van der Waals surface area contributed by atoms with Crippen LogP contribution in [0.1, 0.15) is 29.6 Å². The maximum absolute atomic E-state index is 12.1. The van der Waals surface area contributed by atoms with Gasteiger partial charge in [0.25, 0.3) is 0 Å². The number of fused-ring (bicyclic) bond motifs is 1. The highest BCUT2D eigenvalue weighted by Gasteiger charge is 2.15. The van der Waals surface area contributed by atoms with E-state index in [-0.39, 0.29) is 12.1 Å². The van der Waals surface area contributed by atoms with Crippen LogP contribution in [0.5, 0.6) is 0 Å². The molecule has 1 atom stereocenters. The third-order valence-electron chi connectivity index (χ3n) is 3.45. The SMILES string of the molecule is O=C(OC1C=CCCC1)c1ccc2ccccc2c1. The Morgan fingerprint density at radius 2 is 1.95 bits per heavy atom. The molecule has 0 amide bonds. The second kappa shape index (κ2) is 5.27. The summed E-state index contributed by atoms with van der Waals surface area (Å²) in [5.41, 5.74) is 0.623. The highest BCUT2D eigenvalue weighted by atomic mass is 16.5. The van der Waals surface area contributed by atoms with Crippen LogP contribution >= 0.6 is 0 Å². The molecule has 0 heterocycles. The summed E-state index contributed by atoms with van der Waals surface area (Å²) in [4.78, 5) is 12.1. The first-order chi connectivity index (χ1) is 9.33. The van der Waals surface area contributed by atoms with Crippen LogP contribution in [0.4, 0.5) is 0 Å². The summed E-state index contributed by atoms with van der Waals surface area (Å²) < 4.78 is 5.50. The molecule has 3 rings (SSSR count). The van der Waals surface area contributed by atoms with Crippen LogP contribution in [0, 0.1) is 0 Å². The van der Waals surface area contributed by atoms with E-state index in [1.165, 1.54) is 0 Å². The van der Waals surface area contributed by atoms with Crippen LogP contribution in [0.25, 0.3) is 10.8 Å². The summed E-state index contributed by atoms with van der Waals surface area (Å²) in [5, 5.41) is 2.20. The molecule has 1 aliphatic carbocycles. The van der Waals surface area contributed by atoms with Crippen molar-refractivity contribution >= 4 is 16.7 Å². The summed E-state index contributed by atoms with van der Waals surface area (Å²) in [6, 6.07) is 13.7. The van der Waals surface area contributed by atoms with E-state index < -0.39 is 0 Å². The Hall–Kier alpha value is -2.09. The Kier molecular flexibility index (Phi) is 3.32. The molecule has 2 nitrogen and oxygen atoms in total. The lowest BCUT2D eigenvalue weighted by Gasteiger charge is -2.17. The minimum Gasteiger partial charge on any atom is -0.455 e. The maximum Gasteiger partial charge on any atom is 0.338 e. The Bertz CT molecular complexity index is 628. The third kappa shape index (κ3) is 2.68. The molecule has 2 heteroatoms. The van der Waals surface area contributed by atoms with Crippen molar-refractivity contribution in [3.63, 3.8) is 0 Å². The second-order valence-electron chi connectivity index (χ2n) is 4.86. The maximum atomic E-state index is 12.1. The number of allylic oxidation sites excluding steroid dienone is 1. The zero-order valence-electron chi connectivity index (χ0n) is 10.7. The van der Waals surface area contributed by atoms with Crippen LogP contribution in [-0.4, -0.2) is 12.1 Å². The highest BCUT2D eigenvalue weighted by Crippen LogP contribution is 2.19. The molecule has 0 aromatic heterocycles. The van der Waals surface area contributed by atoms with E-state index >= 15 is 0 Å². The number of rotatable bonds is 2. The smallest absolute Gasteiger partial charge is 0.338 e. The molecule has 0 N–H and O–H groups in total. The molecular formula is C17H16O2. The molecule has 1 unspecified atom stereocenters. The minimum absolute atomic E-state index is 0.0623. The summed E-state index contributed by atoms with van der Waals surface area (Å²) in [6.07, 6.45) is 7.11. The summed E-state index contributed by atoms with van der Waals surface area (Å²) >= 11 is 0. The Balaban J connectivity index is 1.81. The predicted octanol–water partition coefficient (Wildman–Crippen LogP) is 4.11. The predicted molar refractivity (Wildman–Crippen MR) is 76.1 cm³/mol. The van der Waals surface area contributed by atoms with Crippen LogP contribution in [-0.2, 0) is 4.74 Å². The van der Waals surface area contributed by atoms with Crippen LogP contribution in [0.15, 0.2) is 54.6 Å². The Morgan fingerprint density at radius 1 is 1.11 bits per heavy atom. The standard InChI is InChI=1S/C17H16O2/c18-17(19-16-8-2-1-3-9-16)15-11-10-13-6-4-5-7-14(13)12-15/h2,4-8,10-12,16H,1,3,9H2. The first-order valence-corrected chi connectivity index (χ1v) is 6.69. The monoisotopic (exact) mass is 252 g/mol. The van der Waals surface area contributed by atoms with E-state index in [0.29, 0.717) is 5.56 Å². The minimum atomic E-state index is -0.234. The first kappa shape index (κ1) is 12.0. The van der Waals surface area contributed by atoms with E-state index in [0.717, 1.165) is 30.0 Å². The van der Waals surface area contributed by atoms with Gasteiger partial charge in [0.2, 0.25) is 0 Å². The third-order valence-corrected chi connectivity index (χ3v) is 3.45. The van der Waals surface area contributed by atoms with E-state index in [1.54, 1.807) is 0 Å². The molecule has 0 fully saturated rings. The normalized spacial score (nSPS) is 18.4. The fourth-order valence-electron chi connectivity index (χ4n) is 2.40. The lowest BCUT2D eigenvalue weighted by Crippen LogP contribution is -2.17. The first-order valence-electron chi connectivity index (χ1n) is 6.69. The van der Waals surface area contributed by atoms with Gasteiger partial charge in [-0.05, 0) is 48.2 Å². The average molecular weight is 252 g/mol. The number of carbonyl (C=O) groups is 1.